The smallest absolute Gasteiger partial charge is 0.340 e. The summed E-state index contributed by atoms with van der Waals surface area (Å²) in [5.74, 6) is -1.06. The number of benzene rings is 1. The van der Waals surface area contributed by atoms with Gasteiger partial charge in [-0.2, -0.15) is 0 Å². The molecule has 0 unspecified atom stereocenters. The number of amides is 2. The Morgan fingerprint density at radius 3 is 2.67 bits per heavy atom. The molecular formula is C21H28N2O4. The minimum atomic E-state index is -0.479. The standard InChI is InChI=1S/C21H28N2O4/c1-14(2)22-10-6-7-16(12-22)13-27-21(26)17-8-4-5-9-18(17)23-19(24)11-15(3)20(23)25/h4-5,8-9,14-16H,6-7,10-13H2,1-3H3/t15-,16-/m0/s1. The van der Waals surface area contributed by atoms with E-state index in [4.69, 9.17) is 4.74 Å². The first-order chi connectivity index (χ1) is 12.9. The summed E-state index contributed by atoms with van der Waals surface area (Å²) in [5, 5.41) is 0. The molecule has 2 aliphatic heterocycles. The third kappa shape index (κ3) is 4.21. The molecule has 1 aromatic rings. The van der Waals surface area contributed by atoms with Crippen LogP contribution in [0, 0.1) is 11.8 Å². The van der Waals surface area contributed by atoms with E-state index in [1.165, 1.54) is 0 Å². The summed E-state index contributed by atoms with van der Waals surface area (Å²) in [6.45, 7) is 8.44. The second-order valence-electron chi connectivity index (χ2n) is 7.89. The van der Waals surface area contributed by atoms with Gasteiger partial charge in [-0.25, -0.2) is 9.69 Å². The number of rotatable bonds is 5. The molecule has 2 heterocycles. The van der Waals surface area contributed by atoms with Gasteiger partial charge in [-0.3, -0.25) is 9.59 Å². The normalized spacial score (nSPS) is 23.9. The van der Waals surface area contributed by atoms with Crippen molar-refractivity contribution in [1.82, 2.24) is 4.90 Å². The van der Waals surface area contributed by atoms with Crippen LogP contribution in [0.15, 0.2) is 24.3 Å². The van der Waals surface area contributed by atoms with Gasteiger partial charge in [0.1, 0.15) is 0 Å². The van der Waals surface area contributed by atoms with Crippen LogP contribution in [0.1, 0.15) is 50.4 Å². The number of para-hydroxylation sites is 1. The lowest BCUT2D eigenvalue weighted by Gasteiger charge is -2.35. The molecule has 2 atom stereocenters. The van der Waals surface area contributed by atoms with Crippen LogP contribution in [-0.4, -0.2) is 48.4 Å². The molecule has 0 spiro atoms. The highest BCUT2D eigenvalue weighted by molar-refractivity contribution is 6.22. The summed E-state index contributed by atoms with van der Waals surface area (Å²) in [7, 11) is 0. The number of nitrogens with zero attached hydrogens (tertiary/aromatic N) is 2. The predicted molar refractivity (Wildman–Crippen MR) is 102 cm³/mol. The summed E-state index contributed by atoms with van der Waals surface area (Å²) in [5.41, 5.74) is 0.596. The number of piperidine rings is 1. The van der Waals surface area contributed by atoms with E-state index in [2.05, 4.69) is 18.7 Å². The number of ether oxygens (including phenoxy) is 1. The zero-order valence-corrected chi connectivity index (χ0v) is 16.3. The molecule has 0 aromatic heterocycles. The lowest BCUT2D eigenvalue weighted by Crippen LogP contribution is -2.41. The minimum Gasteiger partial charge on any atom is -0.462 e. The SMILES string of the molecule is CC(C)N1CCC[C@H](COC(=O)c2ccccc2N2C(=O)C[C@H](C)C2=O)C1. The quantitative estimate of drug-likeness (QED) is 0.587. The van der Waals surface area contributed by atoms with Crippen LogP contribution in [0.3, 0.4) is 0 Å². The van der Waals surface area contributed by atoms with Crippen molar-refractivity contribution in [3.63, 3.8) is 0 Å². The van der Waals surface area contributed by atoms with Gasteiger partial charge in [0.25, 0.3) is 0 Å². The largest absolute Gasteiger partial charge is 0.462 e. The van der Waals surface area contributed by atoms with Gasteiger partial charge in [0, 0.05) is 30.8 Å². The minimum absolute atomic E-state index is 0.176. The molecule has 146 valence electrons. The zero-order chi connectivity index (χ0) is 19.6. The first kappa shape index (κ1) is 19.5. The zero-order valence-electron chi connectivity index (χ0n) is 16.3. The summed E-state index contributed by atoms with van der Waals surface area (Å²) in [6.07, 6.45) is 2.32. The van der Waals surface area contributed by atoms with Crippen LogP contribution in [0.25, 0.3) is 0 Å². The van der Waals surface area contributed by atoms with E-state index in [-0.39, 0.29) is 29.7 Å². The van der Waals surface area contributed by atoms with Crippen molar-refractivity contribution in [2.24, 2.45) is 11.8 Å². The second kappa shape index (κ2) is 8.21. The summed E-state index contributed by atoms with van der Waals surface area (Å²) >= 11 is 0. The van der Waals surface area contributed by atoms with Crippen LogP contribution in [0.5, 0.6) is 0 Å². The molecule has 2 aliphatic rings. The van der Waals surface area contributed by atoms with Gasteiger partial charge in [0.05, 0.1) is 17.9 Å². The fourth-order valence-electron chi connectivity index (χ4n) is 3.85. The van der Waals surface area contributed by atoms with Crippen molar-refractivity contribution >= 4 is 23.5 Å². The van der Waals surface area contributed by atoms with Crippen LogP contribution in [-0.2, 0) is 14.3 Å². The van der Waals surface area contributed by atoms with Crippen molar-refractivity contribution in [3.05, 3.63) is 29.8 Å². The fourth-order valence-corrected chi connectivity index (χ4v) is 3.85. The van der Waals surface area contributed by atoms with E-state index < -0.39 is 5.97 Å². The molecule has 6 heteroatoms. The summed E-state index contributed by atoms with van der Waals surface area (Å²) in [6, 6.07) is 7.17. The Bertz CT molecular complexity index is 731. The lowest BCUT2D eigenvalue weighted by atomic mass is 9.98. The topological polar surface area (TPSA) is 66.9 Å². The molecule has 0 N–H and O–H groups in total. The molecule has 2 amide bonds. The second-order valence-corrected chi connectivity index (χ2v) is 7.89. The van der Waals surface area contributed by atoms with Crippen LogP contribution in [0.2, 0.25) is 0 Å². The van der Waals surface area contributed by atoms with Gasteiger partial charge >= 0.3 is 5.97 Å². The van der Waals surface area contributed by atoms with Gasteiger partial charge in [0.15, 0.2) is 0 Å². The average Bonchev–Trinajstić information content (AvgIpc) is 2.91. The van der Waals surface area contributed by atoms with Crippen molar-refractivity contribution in [3.8, 4) is 0 Å². The van der Waals surface area contributed by atoms with Crippen molar-refractivity contribution < 1.29 is 19.1 Å². The Hall–Kier alpha value is -2.21. The lowest BCUT2D eigenvalue weighted by molar-refractivity contribution is -0.122. The van der Waals surface area contributed by atoms with Crippen molar-refractivity contribution in [2.45, 2.75) is 46.1 Å². The average molecular weight is 372 g/mol. The molecule has 0 saturated carbocycles. The molecular weight excluding hydrogens is 344 g/mol. The molecule has 0 bridgehead atoms. The molecule has 0 radical (unpaired) electrons. The first-order valence-electron chi connectivity index (χ1n) is 9.75. The van der Waals surface area contributed by atoms with Crippen LogP contribution >= 0.6 is 0 Å². The maximum Gasteiger partial charge on any atom is 0.340 e. The van der Waals surface area contributed by atoms with E-state index in [1.807, 2.05) is 0 Å². The third-order valence-corrected chi connectivity index (χ3v) is 5.47. The van der Waals surface area contributed by atoms with Gasteiger partial charge in [-0.15, -0.1) is 0 Å². The maximum atomic E-state index is 12.7. The van der Waals surface area contributed by atoms with Crippen molar-refractivity contribution in [2.75, 3.05) is 24.6 Å². The molecule has 6 nitrogen and oxygen atoms in total. The summed E-state index contributed by atoms with van der Waals surface area (Å²) < 4.78 is 5.58. The molecule has 27 heavy (non-hydrogen) atoms. The van der Waals surface area contributed by atoms with Gasteiger partial charge < -0.3 is 9.64 Å². The Morgan fingerprint density at radius 1 is 1.26 bits per heavy atom. The van der Waals surface area contributed by atoms with Gasteiger partial charge in [-0.1, -0.05) is 19.1 Å². The van der Waals surface area contributed by atoms with Gasteiger partial charge in [-0.05, 0) is 45.4 Å². The van der Waals surface area contributed by atoms with Crippen LogP contribution in [0.4, 0.5) is 5.69 Å². The molecule has 1 aromatic carbocycles. The fraction of sp³-hybridized carbons (Fsp3) is 0.571. The first-order valence-corrected chi connectivity index (χ1v) is 9.75. The van der Waals surface area contributed by atoms with E-state index in [0.717, 1.165) is 30.8 Å². The van der Waals surface area contributed by atoms with Crippen LogP contribution < -0.4 is 4.90 Å². The van der Waals surface area contributed by atoms with E-state index >= 15 is 0 Å². The predicted octanol–water partition coefficient (Wildman–Crippen LogP) is 2.86. The molecule has 2 fully saturated rings. The molecule has 3 rings (SSSR count). The number of hydrogen-bond donors (Lipinski definition) is 0. The number of carbonyl (C=O) groups excluding carboxylic acids is 3. The summed E-state index contributed by atoms with van der Waals surface area (Å²) in [4.78, 5) is 40.8. The highest BCUT2D eigenvalue weighted by Crippen LogP contribution is 2.29. The number of imide groups is 1. The van der Waals surface area contributed by atoms with E-state index in [9.17, 15) is 14.4 Å². The van der Waals surface area contributed by atoms with E-state index in [1.54, 1.807) is 31.2 Å². The van der Waals surface area contributed by atoms with E-state index in [0.29, 0.717) is 24.3 Å². The highest BCUT2D eigenvalue weighted by Gasteiger charge is 2.38. The Balaban J connectivity index is 1.69. The number of carbonyl (C=O) groups is 3. The third-order valence-electron chi connectivity index (χ3n) is 5.47. The Kier molecular flexibility index (Phi) is 5.95. The Morgan fingerprint density at radius 2 is 2.00 bits per heavy atom. The van der Waals surface area contributed by atoms with Crippen molar-refractivity contribution in [1.29, 1.82) is 0 Å². The monoisotopic (exact) mass is 372 g/mol. The maximum absolute atomic E-state index is 12.7. The number of likely N-dealkylation sites (tertiary alicyclic amines) is 1. The number of esters is 1. The number of hydrogen-bond acceptors (Lipinski definition) is 5. The molecule has 2 saturated heterocycles. The number of anilines is 1. The Labute approximate surface area is 160 Å². The molecule has 0 aliphatic carbocycles. The van der Waals surface area contributed by atoms with Gasteiger partial charge in [0.2, 0.25) is 11.8 Å². The highest BCUT2D eigenvalue weighted by atomic mass is 16.5.